The van der Waals surface area contributed by atoms with Crippen molar-refractivity contribution in [1.29, 1.82) is 0 Å². The lowest BCUT2D eigenvalue weighted by Crippen LogP contribution is -2.16. The van der Waals surface area contributed by atoms with Crippen LogP contribution in [0.15, 0.2) is 224 Å². The fourth-order valence-corrected chi connectivity index (χ4v) is 13.0. The molecule has 0 aliphatic heterocycles. The summed E-state index contributed by atoms with van der Waals surface area (Å²) in [5.74, 6) is 0.650. The molecule has 352 valence electrons. The molecule has 3 aliphatic rings. The Labute approximate surface area is 433 Å². The molecule has 0 saturated carbocycles. The Morgan fingerprint density at radius 3 is 2.03 bits per heavy atom. The molecule has 0 saturated heterocycles. The Morgan fingerprint density at radius 1 is 0.486 bits per heavy atom. The van der Waals surface area contributed by atoms with E-state index in [1.807, 2.05) is 11.3 Å². The monoisotopic (exact) mass is 967 g/mol. The average Bonchev–Trinajstić information content (AvgIpc) is 4.16. The number of aryl methyl sites for hydroxylation is 1. The summed E-state index contributed by atoms with van der Waals surface area (Å²) in [5, 5.41) is 8.36. The minimum absolute atomic E-state index is 0.650. The fraction of sp³-hybridized carbons (Fsp3) is 0.0882. The molecule has 0 bridgehead atoms. The molecule has 8 aromatic carbocycles. The number of rotatable bonds is 8. The third-order valence-corrected chi connectivity index (χ3v) is 16.6. The van der Waals surface area contributed by atoms with Gasteiger partial charge in [-0.15, -0.1) is 11.3 Å². The molecular weight excluding hydrogens is 919 g/mol. The molecule has 6 heteroatoms. The van der Waals surface area contributed by atoms with E-state index in [4.69, 9.17) is 9.97 Å². The maximum Gasteiger partial charge on any atom is 0.235 e. The van der Waals surface area contributed by atoms with E-state index in [0.717, 1.165) is 83.1 Å². The first-order chi connectivity index (χ1) is 36.7. The summed E-state index contributed by atoms with van der Waals surface area (Å²) < 4.78 is 6.02. The molecule has 0 N–H and O–H groups in total. The number of anilines is 2. The third-order valence-electron chi connectivity index (χ3n) is 15.4. The minimum atomic E-state index is 0.650. The maximum atomic E-state index is 5.69. The van der Waals surface area contributed by atoms with Crippen molar-refractivity contribution in [3.8, 4) is 38.8 Å². The van der Waals surface area contributed by atoms with Gasteiger partial charge in [-0.05, 0) is 168 Å². The van der Waals surface area contributed by atoms with Crippen LogP contribution in [0.5, 0.6) is 0 Å². The van der Waals surface area contributed by atoms with Gasteiger partial charge in [0, 0.05) is 65.1 Å². The molecule has 0 spiro atoms. The van der Waals surface area contributed by atoms with Crippen molar-refractivity contribution < 1.29 is 0 Å². The number of thiophene rings is 1. The van der Waals surface area contributed by atoms with E-state index in [2.05, 4.69) is 239 Å². The number of nitrogens with zero attached hydrogens (tertiary/aromatic N) is 5. The first-order valence-corrected chi connectivity index (χ1v) is 26.8. The van der Waals surface area contributed by atoms with Crippen LogP contribution in [-0.4, -0.2) is 19.1 Å². The zero-order chi connectivity index (χ0) is 48.7. The molecule has 15 rings (SSSR count). The SMILES string of the molecule is C1=CCCC(n2c3c(c4cc(-c5ccc6c(c5)c5c7ccccc7ccc5n6-c5nc(-c6ccc(N(C7=CCCC=C7)c7ccccc7)cc6)c6cc7cc(-c8ccccc8)sc7cc6n5)ccc42)CCC=C3)=C1. The lowest BCUT2D eigenvalue weighted by molar-refractivity contribution is 0.929. The minimum Gasteiger partial charge on any atom is -0.313 e. The van der Waals surface area contributed by atoms with Gasteiger partial charge in [0.1, 0.15) is 0 Å². The number of para-hydroxylation sites is 1. The van der Waals surface area contributed by atoms with Crippen molar-refractivity contribution in [2.45, 2.75) is 38.5 Å². The van der Waals surface area contributed by atoms with Gasteiger partial charge >= 0.3 is 0 Å². The number of allylic oxidation sites excluding steroid dienone is 8. The van der Waals surface area contributed by atoms with Gasteiger partial charge in [-0.2, -0.15) is 0 Å². The quantitative estimate of drug-likeness (QED) is 0.152. The molecule has 4 heterocycles. The van der Waals surface area contributed by atoms with Crippen molar-refractivity contribution in [2.24, 2.45) is 0 Å². The molecule has 0 unspecified atom stereocenters. The van der Waals surface area contributed by atoms with Gasteiger partial charge in [0.15, 0.2) is 0 Å². The summed E-state index contributed by atoms with van der Waals surface area (Å²) in [6.07, 6.45) is 24.6. The van der Waals surface area contributed by atoms with Gasteiger partial charge in [-0.25, -0.2) is 9.97 Å². The number of aromatic nitrogens is 4. The summed E-state index contributed by atoms with van der Waals surface area (Å²) in [7, 11) is 0. The van der Waals surface area contributed by atoms with E-state index in [-0.39, 0.29) is 0 Å². The molecule has 3 aliphatic carbocycles. The molecule has 0 atom stereocenters. The first-order valence-electron chi connectivity index (χ1n) is 26.0. The van der Waals surface area contributed by atoms with Crippen LogP contribution in [-0.2, 0) is 6.42 Å². The lowest BCUT2D eigenvalue weighted by atomic mass is 9.96. The Kier molecular flexibility index (Phi) is 10.1. The van der Waals surface area contributed by atoms with Crippen molar-refractivity contribution >= 4 is 99.0 Å². The number of hydrogen-bond acceptors (Lipinski definition) is 4. The van der Waals surface area contributed by atoms with Gasteiger partial charge in [0.25, 0.3) is 0 Å². The van der Waals surface area contributed by atoms with Crippen LogP contribution in [0, 0.1) is 0 Å². The topological polar surface area (TPSA) is 38.9 Å². The highest BCUT2D eigenvalue weighted by Crippen LogP contribution is 2.44. The number of fused-ring (bicyclic) bond motifs is 10. The highest BCUT2D eigenvalue weighted by atomic mass is 32.1. The molecule has 5 nitrogen and oxygen atoms in total. The molecule has 0 fully saturated rings. The van der Waals surface area contributed by atoms with Crippen molar-refractivity contribution in [1.82, 2.24) is 19.1 Å². The molecule has 0 amide bonds. The second-order valence-corrected chi connectivity index (χ2v) is 20.9. The molecular formula is C68H49N5S. The van der Waals surface area contributed by atoms with Gasteiger partial charge in [-0.1, -0.05) is 134 Å². The zero-order valence-electron chi connectivity index (χ0n) is 40.7. The molecule has 0 radical (unpaired) electrons. The van der Waals surface area contributed by atoms with E-state index in [9.17, 15) is 0 Å². The largest absolute Gasteiger partial charge is 0.313 e. The first kappa shape index (κ1) is 42.8. The second-order valence-electron chi connectivity index (χ2n) is 19.8. The van der Waals surface area contributed by atoms with E-state index >= 15 is 0 Å². The van der Waals surface area contributed by atoms with Crippen molar-refractivity contribution in [2.75, 3.05) is 4.90 Å². The Morgan fingerprint density at radius 2 is 1.22 bits per heavy atom. The number of hydrogen-bond donors (Lipinski definition) is 0. The normalized spacial score (nSPS) is 14.4. The van der Waals surface area contributed by atoms with Crippen LogP contribution < -0.4 is 4.90 Å². The van der Waals surface area contributed by atoms with Crippen LogP contribution in [0.3, 0.4) is 0 Å². The lowest BCUT2D eigenvalue weighted by Gasteiger charge is -2.27. The average molecular weight is 968 g/mol. The van der Waals surface area contributed by atoms with Crippen LogP contribution in [0.1, 0.15) is 43.4 Å². The molecule has 74 heavy (non-hydrogen) atoms. The van der Waals surface area contributed by atoms with Gasteiger partial charge in [0.05, 0.1) is 27.8 Å². The smallest absolute Gasteiger partial charge is 0.235 e. The Hall–Kier alpha value is -8.84. The van der Waals surface area contributed by atoms with E-state index in [1.165, 1.54) is 86.8 Å². The van der Waals surface area contributed by atoms with E-state index in [0.29, 0.717) is 5.95 Å². The predicted molar refractivity (Wildman–Crippen MR) is 314 cm³/mol. The maximum absolute atomic E-state index is 5.69. The Balaban J connectivity index is 0.932. The molecule has 12 aromatic rings. The standard InChI is InChI=1S/C68H49N5S/c1-5-18-45(19-6-1)64-42-49-41-57-59(43-65(49)74-64)69-68(70-67(57)46-29-34-53(35-30-46)71(50-20-7-2-8-21-50)51-22-9-3-10-23-51)73-62-37-33-48(40-58(62)66-54-26-14-13-17-44(54)31-38-63(66)73)47-32-36-61-56(39-47)55-27-15-16-28-60(55)72(61)52-24-11-4-12-25-52/h1-2,4-9,11,13-14,16-24,26,28-43H,3,10,12,15,25,27H2. The fourth-order valence-electron chi connectivity index (χ4n) is 12.0. The Bertz CT molecular complexity index is 4410. The van der Waals surface area contributed by atoms with Gasteiger partial charge in [0.2, 0.25) is 5.95 Å². The van der Waals surface area contributed by atoms with E-state index in [1.54, 1.807) is 0 Å². The second kappa shape index (κ2) is 17.4. The summed E-state index contributed by atoms with van der Waals surface area (Å²) in [5.41, 5.74) is 17.5. The summed E-state index contributed by atoms with van der Waals surface area (Å²) in [6.45, 7) is 0. The van der Waals surface area contributed by atoms with Gasteiger partial charge < -0.3 is 9.47 Å². The number of benzene rings is 8. The van der Waals surface area contributed by atoms with Crippen molar-refractivity contribution in [3.05, 3.63) is 235 Å². The van der Waals surface area contributed by atoms with Crippen LogP contribution in [0.25, 0.3) is 115 Å². The highest BCUT2D eigenvalue weighted by Gasteiger charge is 2.24. The zero-order valence-corrected chi connectivity index (χ0v) is 41.6. The highest BCUT2D eigenvalue weighted by molar-refractivity contribution is 7.22. The van der Waals surface area contributed by atoms with Crippen LogP contribution >= 0.6 is 11.3 Å². The van der Waals surface area contributed by atoms with Gasteiger partial charge in [-0.3, -0.25) is 4.57 Å². The van der Waals surface area contributed by atoms with Crippen LogP contribution in [0.2, 0.25) is 0 Å². The summed E-state index contributed by atoms with van der Waals surface area (Å²) in [6, 6.07) is 64.7. The third kappa shape index (κ3) is 7.04. The van der Waals surface area contributed by atoms with E-state index < -0.39 is 0 Å². The summed E-state index contributed by atoms with van der Waals surface area (Å²) >= 11 is 1.82. The molecule has 4 aromatic heterocycles. The summed E-state index contributed by atoms with van der Waals surface area (Å²) in [4.78, 5) is 14.9. The van der Waals surface area contributed by atoms with Crippen LogP contribution in [0.4, 0.5) is 11.4 Å². The van der Waals surface area contributed by atoms with Crippen molar-refractivity contribution in [3.63, 3.8) is 0 Å². The predicted octanol–water partition coefficient (Wildman–Crippen LogP) is 18.6.